The summed E-state index contributed by atoms with van der Waals surface area (Å²) in [6.07, 6.45) is 7.60. The lowest BCUT2D eigenvalue weighted by Gasteiger charge is -2.30. The first-order chi connectivity index (χ1) is 10.3. The summed E-state index contributed by atoms with van der Waals surface area (Å²) in [5, 5.41) is 3.79. The molecular weight excluding hydrogens is 256 g/mol. The number of rotatable bonds is 6. The molecule has 1 N–H and O–H groups in total. The first-order valence-electron chi connectivity index (χ1n) is 7.97. The van der Waals surface area contributed by atoms with Gasteiger partial charge in [-0.05, 0) is 55.5 Å². The Kier molecular flexibility index (Phi) is 4.07. The van der Waals surface area contributed by atoms with Crippen molar-refractivity contribution in [3.8, 4) is 0 Å². The molecule has 1 atom stereocenters. The average molecular weight is 280 g/mol. The Balaban J connectivity index is 1.99. The van der Waals surface area contributed by atoms with Crippen molar-refractivity contribution in [1.29, 1.82) is 0 Å². The van der Waals surface area contributed by atoms with E-state index in [2.05, 4.69) is 60.5 Å². The molecule has 1 saturated carbocycles. The standard InChI is InChI=1S/C19H24N2/c1-3-12-21-18(17-14-20-13-9-15(17)2)19(10-11-19)16-7-5-4-6-8-16/h4-9,13-14,18,21H,3,10-12H2,1-2H3. The Bertz CT molecular complexity index is 588. The van der Waals surface area contributed by atoms with E-state index in [1.165, 1.54) is 29.5 Å². The lowest BCUT2D eigenvalue weighted by atomic mass is 9.83. The molecule has 110 valence electrons. The monoisotopic (exact) mass is 280 g/mol. The third kappa shape index (κ3) is 2.73. The lowest BCUT2D eigenvalue weighted by Crippen LogP contribution is -2.33. The smallest absolute Gasteiger partial charge is 0.0436 e. The van der Waals surface area contributed by atoms with Gasteiger partial charge in [0.1, 0.15) is 0 Å². The zero-order valence-corrected chi connectivity index (χ0v) is 13.0. The number of hydrogen-bond donors (Lipinski definition) is 1. The Hall–Kier alpha value is -1.67. The molecule has 0 bridgehead atoms. The van der Waals surface area contributed by atoms with Crippen LogP contribution >= 0.6 is 0 Å². The maximum absolute atomic E-state index is 4.37. The first kappa shape index (κ1) is 14.3. The van der Waals surface area contributed by atoms with Gasteiger partial charge in [0, 0.05) is 23.9 Å². The van der Waals surface area contributed by atoms with Gasteiger partial charge in [-0.2, -0.15) is 0 Å². The highest BCUT2D eigenvalue weighted by Gasteiger charge is 2.51. The minimum absolute atomic E-state index is 0.254. The summed E-state index contributed by atoms with van der Waals surface area (Å²) in [5.74, 6) is 0. The molecule has 0 aliphatic heterocycles. The van der Waals surface area contributed by atoms with Crippen LogP contribution in [0.2, 0.25) is 0 Å². The van der Waals surface area contributed by atoms with Crippen molar-refractivity contribution in [2.75, 3.05) is 6.54 Å². The number of nitrogens with zero attached hydrogens (tertiary/aromatic N) is 1. The van der Waals surface area contributed by atoms with E-state index in [0.717, 1.165) is 13.0 Å². The van der Waals surface area contributed by atoms with Gasteiger partial charge < -0.3 is 5.32 Å². The Morgan fingerprint density at radius 1 is 1.19 bits per heavy atom. The normalized spacial score (nSPS) is 17.4. The molecule has 1 aromatic heterocycles. The minimum Gasteiger partial charge on any atom is -0.309 e. The fourth-order valence-electron chi connectivity index (χ4n) is 3.32. The molecule has 2 nitrogen and oxygen atoms in total. The fraction of sp³-hybridized carbons (Fsp3) is 0.421. The number of benzene rings is 1. The molecular formula is C19H24N2. The minimum atomic E-state index is 0.254. The van der Waals surface area contributed by atoms with Gasteiger partial charge in [-0.25, -0.2) is 0 Å². The summed E-state index contributed by atoms with van der Waals surface area (Å²) in [7, 11) is 0. The quantitative estimate of drug-likeness (QED) is 0.859. The van der Waals surface area contributed by atoms with Crippen LogP contribution in [0.3, 0.4) is 0 Å². The molecule has 1 aliphatic carbocycles. The highest BCUT2D eigenvalue weighted by molar-refractivity contribution is 5.40. The third-order valence-corrected chi connectivity index (χ3v) is 4.68. The molecule has 1 aliphatic rings. The van der Waals surface area contributed by atoms with E-state index in [1.54, 1.807) is 0 Å². The molecule has 1 unspecified atom stereocenters. The van der Waals surface area contributed by atoms with E-state index in [4.69, 9.17) is 0 Å². The van der Waals surface area contributed by atoms with Gasteiger partial charge in [0.05, 0.1) is 0 Å². The predicted octanol–water partition coefficient (Wildman–Crippen LogP) is 4.16. The van der Waals surface area contributed by atoms with Gasteiger partial charge in [0.25, 0.3) is 0 Å². The van der Waals surface area contributed by atoms with Gasteiger partial charge in [-0.15, -0.1) is 0 Å². The van der Waals surface area contributed by atoms with Gasteiger partial charge in [-0.1, -0.05) is 37.3 Å². The van der Waals surface area contributed by atoms with Crippen molar-refractivity contribution >= 4 is 0 Å². The van der Waals surface area contributed by atoms with Crippen molar-refractivity contribution in [3.05, 3.63) is 65.5 Å². The number of nitrogens with one attached hydrogen (secondary N) is 1. The summed E-state index contributed by atoms with van der Waals surface area (Å²) >= 11 is 0. The van der Waals surface area contributed by atoms with Crippen LogP contribution in [-0.2, 0) is 5.41 Å². The van der Waals surface area contributed by atoms with Crippen LogP contribution in [0.4, 0.5) is 0 Å². The summed E-state index contributed by atoms with van der Waals surface area (Å²) in [5.41, 5.74) is 4.40. The summed E-state index contributed by atoms with van der Waals surface area (Å²) in [4.78, 5) is 4.37. The molecule has 0 saturated heterocycles. The van der Waals surface area contributed by atoms with Crippen LogP contribution in [0.1, 0.15) is 48.9 Å². The molecule has 1 heterocycles. The van der Waals surface area contributed by atoms with Gasteiger partial charge in [0.2, 0.25) is 0 Å². The van der Waals surface area contributed by atoms with E-state index in [-0.39, 0.29) is 5.41 Å². The van der Waals surface area contributed by atoms with E-state index in [0.29, 0.717) is 6.04 Å². The van der Waals surface area contributed by atoms with Crippen LogP contribution in [0.25, 0.3) is 0 Å². The van der Waals surface area contributed by atoms with Crippen molar-refractivity contribution in [2.45, 2.75) is 44.6 Å². The Morgan fingerprint density at radius 2 is 1.95 bits per heavy atom. The number of hydrogen-bond acceptors (Lipinski definition) is 2. The van der Waals surface area contributed by atoms with E-state index in [1.807, 2.05) is 12.4 Å². The highest BCUT2D eigenvalue weighted by atomic mass is 15.0. The molecule has 2 aromatic rings. The first-order valence-corrected chi connectivity index (χ1v) is 7.97. The van der Waals surface area contributed by atoms with Crippen molar-refractivity contribution in [3.63, 3.8) is 0 Å². The van der Waals surface area contributed by atoms with E-state index < -0.39 is 0 Å². The maximum Gasteiger partial charge on any atom is 0.0436 e. The molecule has 3 rings (SSSR count). The second kappa shape index (κ2) is 5.98. The average Bonchev–Trinajstić information content (AvgIpc) is 3.32. The van der Waals surface area contributed by atoms with Crippen LogP contribution in [-0.4, -0.2) is 11.5 Å². The van der Waals surface area contributed by atoms with Crippen LogP contribution in [0, 0.1) is 6.92 Å². The van der Waals surface area contributed by atoms with Crippen molar-refractivity contribution in [2.24, 2.45) is 0 Å². The van der Waals surface area contributed by atoms with Crippen molar-refractivity contribution < 1.29 is 0 Å². The largest absolute Gasteiger partial charge is 0.309 e. The van der Waals surface area contributed by atoms with E-state index in [9.17, 15) is 0 Å². The summed E-state index contributed by atoms with van der Waals surface area (Å²) in [6.45, 7) is 5.47. The second-order valence-electron chi connectivity index (χ2n) is 6.14. The fourth-order valence-corrected chi connectivity index (χ4v) is 3.32. The van der Waals surface area contributed by atoms with Crippen LogP contribution in [0.15, 0.2) is 48.8 Å². The zero-order valence-electron chi connectivity index (χ0n) is 13.0. The van der Waals surface area contributed by atoms with Gasteiger partial charge in [0.15, 0.2) is 0 Å². The Morgan fingerprint density at radius 3 is 2.57 bits per heavy atom. The lowest BCUT2D eigenvalue weighted by molar-refractivity contribution is 0.427. The van der Waals surface area contributed by atoms with Gasteiger partial charge >= 0.3 is 0 Å². The molecule has 0 radical (unpaired) electrons. The molecule has 0 amide bonds. The molecule has 2 heteroatoms. The van der Waals surface area contributed by atoms with Gasteiger partial charge in [-0.3, -0.25) is 4.98 Å². The topological polar surface area (TPSA) is 24.9 Å². The predicted molar refractivity (Wildman–Crippen MR) is 87.4 cm³/mol. The van der Waals surface area contributed by atoms with Crippen LogP contribution < -0.4 is 5.32 Å². The molecule has 1 fully saturated rings. The maximum atomic E-state index is 4.37. The highest BCUT2D eigenvalue weighted by Crippen LogP contribution is 2.56. The van der Waals surface area contributed by atoms with E-state index >= 15 is 0 Å². The SMILES string of the molecule is CCCNC(c1cnccc1C)C1(c2ccccc2)CC1. The Labute approximate surface area is 127 Å². The molecule has 0 spiro atoms. The second-order valence-corrected chi connectivity index (χ2v) is 6.14. The van der Waals surface area contributed by atoms with Crippen LogP contribution in [0.5, 0.6) is 0 Å². The molecule has 21 heavy (non-hydrogen) atoms. The zero-order chi connectivity index (χ0) is 14.7. The third-order valence-electron chi connectivity index (χ3n) is 4.68. The summed E-state index contributed by atoms with van der Waals surface area (Å²) in [6, 6.07) is 13.5. The summed E-state index contributed by atoms with van der Waals surface area (Å²) < 4.78 is 0. The number of pyridine rings is 1. The number of aryl methyl sites for hydroxylation is 1. The molecule has 1 aromatic carbocycles. The van der Waals surface area contributed by atoms with Crippen molar-refractivity contribution in [1.82, 2.24) is 10.3 Å². The number of aromatic nitrogens is 1.